The molecular weight excluding hydrogens is 204 g/mol. The maximum Gasteiger partial charge on any atom is 0.317 e. The van der Waals surface area contributed by atoms with Gasteiger partial charge in [0, 0.05) is 19.6 Å². The van der Waals surface area contributed by atoms with Crippen LogP contribution < -0.4 is 10.2 Å². The average molecular weight is 226 g/mol. The highest BCUT2D eigenvalue weighted by Gasteiger charge is 2.09. The third kappa shape index (κ3) is 4.18. The molecule has 0 aliphatic heterocycles. The molecule has 1 N–H and O–H groups in total. The monoisotopic (exact) mass is 226 g/mol. The first-order valence-corrected chi connectivity index (χ1v) is 5.90. The first-order valence-electron chi connectivity index (χ1n) is 5.90. The number of hydrogen-bond donors (Lipinski definition) is 1. The number of hydrogen-bond acceptors (Lipinski definition) is 5. The van der Waals surface area contributed by atoms with Gasteiger partial charge in [-0.05, 0) is 6.42 Å². The van der Waals surface area contributed by atoms with Crippen molar-refractivity contribution < 1.29 is 4.42 Å². The molecule has 0 aromatic carbocycles. The van der Waals surface area contributed by atoms with E-state index in [0.717, 1.165) is 13.0 Å². The molecular formula is C11H22N4O. The Balaban J connectivity index is 2.43. The minimum atomic E-state index is 0.424. The Morgan fingerprint density at radius 1 is 1.38 bits per heavy atom. The second kappa shape index (κ2) is 6.48. The quantitative estimate of drug-likeness (QED) is 0.768. The second-order valence-corrected chi connectivity index (χ2v) is 4.29. The van der Waals surface area contributed by atoms with Crippen LogP contribution in [0, 0.1) is 0 Å². The summed E-state index contributed by atoms with van der Waals surface area (Å²) in [5, 5.41) is 11.3. The number of anilines is 1. The van der Waals surface area contributed by atoms with Crippen LogP contribution in [0.2, 0.25) is 0 Å². The van der Waals surface area contributed by atoms with E-state index >= 15 is 0 Å². The Kier molecular flexibility index (Phi) is 5.25. The van der Waals surface area contributed by atoms with E-state index < -0.39 is 0 Å². The third-order valence-electron chi connectivity index (χ3n) is 2.29. The molecule has 0 saturated heterocycles. The fraction of sp³-hybridized carbons (Fsp3) is 0.818. The number of unbranched alkanes of at least 4 members (excludes halogenated alkanes) is 1. The fourth-order valence-electron chi connectivity index (χ4n) is 1.25. The van der Waals surface area contributed by atoms with Crippen molar-refractivity contribution in [2.24, 2.45) is 0 Å². The van der Waals surface area contributed by atoms with Crippen LogP contribution in [0.4, 0.5) is 6.01 Å². The van der Waals surface area contributed by atoms with Crippen molar-refractivity contribution >= 4 is 6.01 Å². The van der Waals surface area contributed by atoms with Crippen molar-refractivity contribution in [2.75, 3.05) is 18.5 Å². The summed E-state index contributed by atoms with van der Waals surface area (Å²) in [6.45, 7) is 7.93. The van der Waals surface area contributed by atoms with Gasteiger partial charge in [0.1, 0.15) is 0 Å². The molecule has 0 unspecified atom stereocenters. The van der Waals surface area contributed by atoms with Gasteiger partial charge < -0.3 is 14.6 Å². The van der Waals surface area contributed by atoms with Gasteiger partial charge in [-0.2, -0.15) is 0 Å². The lowest BCUT2D eigenvalue weighted by Crippen LogP contribution is -2.22. The van der Waals surface area contributed by atoms with Crippen molar-refractivity contribution in [1.29, 1.82) is 0 Å². The summed E-state index contributed by atoms with van der Waals surface area (Å²) in [5.41, 5.74) is 0. The van der Waals surface area contributed by atoms with Gasteiger partial charge in [-0.25, -0.2) is 0 Å². The predicted octanol–water partition coefficient (Wildman–Crippen LogP) is 1.80. The summed E-state index contributed by atoms with van der Waals surface area (Å²) in [4.78, 5) is 2.00. The molecule has 0 aliphatic carbocycles. The standard InChI is InChI=1S/C11H22N4O/c1-5-6-7-15(4)11-14-13-10(16-11)8-12-9(2)3/h9,12H,5-8H2,1-4H3. The highest BCUT2D eigenvalue weighted by atomic mass is 16.4. The minimum Gasteiger partial charge on any atom is -0.407 e. The van der Waals surface area contributed by atoms with Gasteiger partial charge >= 0.3 is 6.01 Å². The van der Waals surface area contributed by atoms with Crippen LogP contribution in [-0.2, 0) is 6.54 Å². The molecule has 0 saturated carbocycles. The summed E-state index contributed by atoms with van der Waals surface area (Å²) in [6.07, 6.45) is 2.30. The Labute approximate surface area is 97.2 Å². The van der Waals surface area contributed by atoms with Crippen LogP contribution >= 0.6 is 0 Å². The normalized spacial score (nSPS) is 11.1. The zero-order valence-electron chi connectivity index (χ0n) is 10.7. The number of rotatable bonds is 7. The van der Waals surface area contributed by atoms with E-state index in [0.29, 0.717) is 24.5 Å². The molecule has 0 atom stereocenters. The van der Waals surface area contributed by atoms with Gasteiger partial charge in [-0.1, -0.05) is 32.3 Å². The Morgan fingerprint density at radius 3 is 2.75 bits per heavy atom. The van der Waals surface area contributed by atoms with E-state index in [4.69, 9.17) is 4.42 Å². The zero-order chi connectivity index (χ0) is 12.0. The predicted molar refractivity (Wildman–Crippen MR) is 64.5 cm³/mol. The van der Waals surface area contributed by atoms with Crippen LogP contribution in [0.25, 0.3) is 0 Å². The third-order valence-corrected chi connectivity index (χ3v) is 2.29. The summed E-state index contributed by atoms with van der Waals surface area (Å²) >= 11 is 0. The highest BCUT2D eigenvalue weighted by molar-refractivity contribution is 5.21. The summed E-state index contributed by atoms with van der Waals surface area (Å²) < 4.78 is 5.53. The molecule has 1 rings (SSSR count). The first-order chi connectivity index (χ1) is 7.63. The van der Waals surface area contributed by atoms with E-state index in [9.17, 15) is 0 Å². The molecule has 1 heterocycles. The van der Waals surface area contributed by atoms with E-state index in [2.05, 4.69) is 36.3 Å². The molecule has 0 spiro atoms. The number of nitrogens with one attached hydrogen (secondary N) is 1. The molecule has 0 bridgehead atoms. The largest absolute Gasteiger partial charge is 0.407 e. The van der Waals surface area contributed by atoms with Gasteiger partial charge in [0.15, 0.2) is 0 Å². The second-order valence-electron chi connectivity index (χ2n) is 4.29. The van der Waals surface area contributed by atoms with E-state index in [1.165, 1.54) is 6.42 Å². The van der Waals surface area contributed by atoms with Crippen LogP contribution in [0.5, 0.6) is 0 Å². The first kappa shape index (κ1) is 13.0. The zero-order valence-corrected chi connectivity index (χ0v) is 10.7. The van der Waals surface area contributed by atoms with Gasteiger partial charge in [0.25, 0.3) is 0 Å². The van der Waals surface area contributed by atoms with Gasteiger partial charge in [0.05, 0.1) is 6.54 Å². The van der Waals surface area contributed by atoms with Crippen molar-refractivity contribution in [3.63, 3.8) is 0 Å². The Morgan fingerprint density at radius 2 is 2.12 bits per heavy atom. The molecule has 16 heavy (non-hydrogen) atoms. The van der Waals surface area contributed by atoms with Gasteiger partial charge in [0.2, 0.25) is 5.89 Å². The highest BCUT2D eigenvalue weighted by Crippen LogP contribution is 2.10. The van der Waals surface area contributed by atoms with Crippen molar-refractivity contribution in [1.82, 2.24) is 15.5 Å². The number of aromatic nitrogens is 2. The summed E-state index contributed by atoms with van der Waals surface area (Å²) in [5.74, 6) is 0.645. The molecule has 0 aliphatic rings. The van der Waals surface area contributed by atoms with Crippen molar-refractivity contribution in [2.45, 2.75) is 46.2 Å². The Hall–Kier alpha value is -1.10. The molecule has 5 heteroatoms. The fourth-order valence-corrected chi connectivity index (χ4v) is 1.25. The molecule has 0 amide bonds. The molecule has 1 aromatic rings. The SMILES string of the molecule is CCCCN(C)c1nnc(CNC(C)C)o1. The van der Waals surface area contributed by atoms with Crippen molar-refractivity contribution in [3.05, 3.63) is 5.89 Å². The van der Waals surface area contributed by atoms with E-state index in [1.807, 2.05) is 11.9 Å². The van der Waals surface area contributed by atoms with Gasteiger partial charge in [-0.3, -0.25) is 0 Å². The smallest absolute Gasteiger partial charge is 0.317 e. The summed E-state index contributed by atoms with van der Waals surface area (Å²) in [6, 6.07) is 1.03. The van der Waals surface area contributed by atoms with E-state index in [1.54, 1.807) is 0 Å². The molecule has 5 nitrogen and oxygen atoms in total. The lowest BCUT2D eigenvalue weighted by atomic mass is 10.3. The maximum absolute atomic E-state index is 5.53. The topological polar surface area (TPSA) is 54.2 Å². The molecule has 92 valence electrons. The maximum atomic E-state index is 5.53. The van der Waals surface area contributed by atoms with Crippen LogP contribution in [0.3, 0.4) is 0 Å². The van der Waals surface area contributed by atoms with E-state index in [-0.39, 0.29) is 0 Å². The van der Waals surface area contributed by atoms with Crippen LogP contribution in [0.1, 0.15) is 39.5 Å². The number of nitrogens with zero attached hydrogens (tertiary/aromatic N) is 3. The Bertz CT molecular complexity index is 298. The average Bonchev–Trinajstić information content (AvgIpc) is 2.71. The van der Waals surface area contributed by atoms with Crippen LogP contribution in [0.15, 0.2) is 4.42 Å². The minimum absolute atomic E-state index is 0.424. The molecule has 0 radical (unpaired) electrons. The summed E-state index contributed by atoms with van der Waals surface area (Å²) in [7, 11) is 1.98. The molecule has 1 aromatic heterocycles. The van der Waals surface area contributed by atoms with Crippen LogP contribution in [-0.4, -0.2) is 29.8 Å². The lowest BCUT2D eigenvalue weighted by Gasteiger charge is -2.12. The van der Waals surface area contributed by atoms with Crippen molar-refractivity contribution in [3.8, 4) is 0 Å². The lowest BCUT2D eigenvalue weighted by molar-refractivity contribution is 0.449. The molecule has 0 fully saturated rings. The van der Waals surface area contributed by atoms with Gasteiger partial charge in [-0.15, -0.1) is 5.10 Å².